The second-order valence-electron chi connectivity index (χ2n) is 4.87. The zero-order valence-electron chi connectivity index (χ0n) is 11.8. The van der Waals surface area contributed by atoms with E-state index in [4.69, 9.17) is 16.0 Å². The van der Waals surface area contributed by atoms with Gasteiger partial charge in [-0.25, -0.2) is 4.79 Å². The van der Waals surface area contributed by atoms with Gasteiger partial charge in [-0.3, -0.25) is 4.79 Å². The molecule has 0 aliphatic rings. The summed E-state index contributed by atoms with van der Waals surface area (Å²) < 4.78 is 6.76. The van der Waals surface area contributed by atoms with Crippen LogP contribution in [0.1, 0.15) is 20.9 Å². The molecule has 0 bridgehead atoms. The Kier molecular flexibility index (Phi) is 4.67. The van der Waals surface area contributed by atoms with Crippen molar-refractivity contribution in [2.75, 3.05) is 5.32 Å². The molecule has 8 heteroatoms. The second-order valence-corrected chi connectivity index (χ2v) is 7.07. The SMILES string of the molecule is O=C(Nc1ccc(Br)cc1C(=O)O)c1cc2cc(Cl)cc(Br)c2o1. The summed E-state index contributed by atoms with van der Waals surface area (Å²) in [5.41, 5.74) is 0.630. The van der Waals surface area contributed by atoms with Crippen LogP contribution in [0.4, 0.5) is 5.69 Å². The number of carbonyl (C=O) groups excluding carboxylic acids is 1. The van der Waals surface area contributed by atoms with Crippen LogP contribution in [0, 0.1) is 0 Å². The average Bonchev–Trinajstić information content (AvgIpc) is 2.93. The molecule has 3 aromatic rings. The van der Waals surface area contributed by atoms with Crippen molar-refractivity contribution in [2.45, 2.75) is 0 Å². The molecule has 0 atom stereocenters. The van der Waals surface area contributed by atoms with E-state index in [9.17, 15) is 14.7 Å². The van der Waals surface area contributed by atoms with E-state index >= 15 is 0 Å². The number of hydrogen-bond donors (Lipinski definition) is 2. The number of anilines is 1. The van der Waals surface area contributed by atoms with E-state index in [1.165, 1.54) is 12.1 Å². The summed E-state index contributed by atoms with van der Waals surface area (Å²) >= 11 is 12.5. The number of carboxylic acid groups (broad SMARTS) is 1. The molecule has 2 N–H and O–H groups in total. The maximum Gasteiger partial charge on any atom is 0.337 e. The number of nitrogens with one attached hydrogen (secondary N) is 1. The fraction of sp³-hybridized carbons (Fsp3) is 0. The van der Waals surface area contributed by atoms with Gasteiger partial charge in [0.05, 0.1) is 15.7 Å². The third-order valence-electron chi connectivity index (χ3n) is 3.22. The maximum absolute atomic E-state index is 12.4. The van der Waals surface area contributed by atoms with Crippen LogP contribution in [-0.2, 0) is 0 Å². The highest BCUT2D eigenvalue weighted by Crippen LogP contribution is 2.31. The number of fused-ring (bicyclic) bond motifs is 1. The molecule has 0 spiro atoms. The molecule has 0 saturated heterocycles. The highest BCUT2D eigenvalue weighted by atomic mass is 79.9. The van der Waals surface area contributed by atoms with Crippen molar-refractivity contribution in [3.8, 4) is 0 Å². The van der Waals surface area contributed by atoms with Crippen LogP contribution in [0.3, 0.4) is 0 Å². The van der Waals surface area contributed by atoms with E-state index in [0.717, 1.165) is 0 Å². The Hall–Kier alpha value is -1.83. The summed E-state index contributed by atoms with van der Waals surface area (Å²) in [4.78, 5) is 23.7. The van der Waals surface area contributed by atoms with Gasteiger partial charge < -0.3 is 14.8 Å². The molecule has 0 fully saturated rings. The van der Waals surface area contributed by atoms with Crippen LogP contribution in [0.15, 0.2) is 49.8 Å². The van der Waals surface area contributed by atoms with Crippen molar-refractivity contribution in [1.82, 2.24) is 0 Å². The first-order valence-electron chi connectivity index (χ1n) is 6.58. The van der Waals surface area contributed by atoms with Crippen LogP contribution in [0.5, 0.6) is 0 Å². The number of halogens is 3. The van der Waals surface area contributed by atoms with Gasteiger partial charge in [-0.2, -0.15) is 0 Å². The second kappa shape index (κ2) is 6.58. The highest BCUT2D eigenvalue weighted by molar-refractivity contribution is 9.11. The van der Waals surface area contributed by atoms with Crippen LogP contribution < -0.4 is 5.32 Å². The van der Waals surface area contributed by atoms with Crippen molar-refractivity contribution in [3.63, 3.8) is 0 Å². The molecular formula is C16H8Br2ClNO4. The Labute approximate surface area is 157 Å². The molecule has 0 unspecified atom stereocenters. The lowest BCUT2D eigenvalue weighted by Crippen LogP contribution is -2.14. The van der Waals surface area contributed by atoms with Crippen LogP contribution in [-0.4, -0.2) is 17.0 Å². The maximum atomic E-state index is 12.4. The molecular weight excluding hydrogens is 465 g/mol. The number of amides is 1. The topological polar surface area (TPSA) is 79.5 Å². The number of rotatable bonds is 3. The summed E-state index contributed by atoms with van der Waals surface area (Å²) in [7, 11) is 0. The van der Waals surface area contributed by atoms with Crippen molar-refractivity contribution < 1.29 is 19.1 Å². The number of furan rings is 1. The molecule has 1 aromatic heterocycles. The van der Waals surface area contributed by atoms with Crippen molar-refractivity contribution in [2.24, 2.45) is 0 Å². The molecule has 24 heavy (non-hydrogen) atoms. The van der Waals surface area contributed by atoms with Gasteiger partial charge in [-0.1, -0.05) is 27.5 Å². The van der Waals surface area contributed by atoms with Gasteiger partial charge in [-0.15, -0.1) is 0 Å². The largest absolute Gasteiger partial charge is 0.478 e. The van der Waals surface area contributed by atoms with Gasteiger partial charge in [0.2, 0.25) is 0 Å². The van der Waals surface area contributed by atoms with Crippen LogP contribution in [0.25, 0.3) is 11.0 Å². The van der Waals surface area contributed by atoms with E-state index in [1.54, 1.807) is 24.3 Å². The lowest BCUT2D eigenvalue weighted by Gasteiger charge is -2.07. The van der Waals surface area contributed by atoms with E-state index in [-0.39, 0.29) is 17.0 Å². The Morgan fingerprint density at radius 2 is 1.88 bits per heavy atom. The number of carbonyl (C=O) groups is 2. The third-order valence-corrected chi connectivity index (χ3v) is 4.52. The summed E-state index contributed by atoms with van der Waals surface area (Å²) in [5, 5.41) is 13.0. The molecule has 1 heterocycles. The van der Waals surface area contributed by atoms with Crippen molar-refractivity contribution >= 4 is 72.0 Å². The zero-order chi connectivity index (χ0) is 17.4. The fourth-order valence-corrected chi connectivity index (χ4v) is 3.45. The van der Waals surface area contributed by atoms with Gasteiger partial charge in [0, 0.05) is 14.9 Å². The Balaban J connectivity index is 1.96. The van der Waals surface area contributed by atoms with E-state index < -0.39 is 11.9 Å². The lowest BCUT2D eigenvalue weighted by atomic mass is 10.1. The van der Waals surface area contributed by atoms with Crippen LogP contribution >= 0.6 is 43.5 Å². The van der Waals surface area contributed by atoms with Crippen molar-refractivity contribution in [3.05, 3.63) is 61.7 Å². The van der Waals surface area contributed by atoms with Crippen LogP contribution in [0.2, 0.25) is 5.02 Å². The number of aromatic carboxylic acids is 1. The predicted molar refractivity (Wildman–Crippen MR) is 98.0 cm³/mol. The molecule has 5 nitrogen and oxygen atoms in total. The van der Waals surface area contributed by atoms with Gasteiger partial charge in [0.1, 0.15) is 5.58 Å². The molecule has 2 aromatic carbocycles. The van der Waals surface area contributed by atoms with Crippen molar-refractivity contribution in [1.29, 1.82) is 0 Å². The Morgan fingerprint density at radius 1 is 1.12 bits per heavy atom. The summed E-state index contributed by atoms with van der Waals surface area (Å²) in [6.07, 6.45) is 0. The average molecular weight is 474 g/mol. The Morgan fingerprint density at radius 3 is 2.58 bits per heavy atom. The summed E-state index contributed by atoms with van der Waals surface area (Å²) in [6, 6.07) is 9.42. The zero-order valence-corrected chi connectivity index (χ0v) is 15.7. The number of hydrogen-bond acceptors (Lipinski definition) is 3. The molecule has 122 valence electrons. The standard InChI is InChI=1S/C16H8Br2ClNO4/c17-8-1-2-12(10(5-8)16(22)23)20-15(21)13-4-7-3-9(19)6-11(18)14(7)24-13/h1-6H,(H,20,21)(H,22,23). The number of benzene rings is 2. The molecule has 0 aliphatic heterocycles. The van der Waals surface area contributed by atoms with Gasteiger partial charge >= 0.3 is 5.97 Å². The quantitative estimate of drug-likeness (QED) is 0.522. The first kappa shape index (κ1) is 17.0. The van der Waals surface area contributed by atoms with Gasteiger partial charge in [-0.05, 0) is 52.3 Å². The van der Waals surface area contributed by atoms with Gasteiger partial charge in [0.15, 0.2) is 5.76 Å². The van der Waals surface area contributed by atoms with E-state index in [2.05, 4.69) is 37.2 Å². The molecule has 0 radical (unpaired) electrons. The van der Waals surface area contributed by atoms with E-state index in [0.29, 0.717) is 24.9 Å². The summed E-state index contributed by atoms with van der Waals surface area (Å²) in [5.74, 6) is -1.66. The smallest absolute Gasteiger partial charge is 0.337 e. The lowest BCUT2D eigenvalue weighted by molar-refractivity contribution is 0.0698. The molecule has 0 aliphatic carbocycles. The minimum Gasteiger partial charge on any atom is -0.478 e. The van der Waals surface area contributed by atoms with E-state index in [1.807, 2.05) is 0 Å². The number of carboxylic acids is 1. The normalized spacial score (nSPS) is 10.8. The monoisotopic (exact) mass is 471 g/mol. The minimum absolute atomic E-state index is 0.0296. The first-order chi connectivity index (χ1) is 11.3. The highest BCUT2D eigenvalue weighted by Gasteiger charge is 2.18. The molecule has 1 amide bonds. The minimum atomic E-state index is -1.15. The third kappa shape index (κ3) is 3.33. The van der Waals surface area contributed by atoms with Gasteiger partial charge in [0.25, 0.3) is 5.91 Å². The molecule has 3 rings (SSSR count). The fourth-order valence-electron chi connectivity index (χ4n) is 2.17. The first-order valence-corrected chi connectivity index (χ1v) is 8.54. The Bertz CT molecular complexity index is 984. The summed E-state index contributed by atoms with van der Waals surface area (Å²) in [6.45, 7) is 0. The predicted octanol–water partition coefficient (Wildman–Crippen LogP) is 5.56. The molecule has 0 saturated carbocycles.